The SMILES string of the molecule is CCCC(O)c1noc(C(C)S(C)(=O)=O)n1. The van der Waals surface area contributed by atoms with E-state index >= 15 is 0 Å². The van der Waals surface area contributed by atoms with Crippen molar-refractivity contribution >= 4 is 9.84 Å². The molecule has 7 heteroatoms. The van der Waals surface area contributed by atoms with Crippen molar-refractivity contribution in [3.63, 3.8) is 0 Å². The van der Waals surface area contributed by atoms with E-state index in [2.05, 4.69) is 10.1 Å². The Bertz CT molecular complexity index is 440. The summed E-state index contributed by atoms with van der Waals surface area (Å²) in [4.78, 5) is 3.89. The lowest BCUT2D eigenvalue weighted by Gasteiger charge is -2.03. The van der Waals surface area contributed by atoms with Crippen LogP contribution < -0.4 is 0 Å². The molecule has 0 saturated carbocycles. The first kappa shape index (κ1) is 13.1. The fourth-order valence-corrected chi connectivity index (χ4v) is 1.60. The van der Waals surface area contributed by atoms with E-state index in [4.69, 9.17) is 4.52 Å². The Morgan fingerprint density at radius 3 is 2.62 bits per heavy atom. The molecule has 2 atom stereocenters. The van der Waals surface area contributed by atoms with E-state index in [9.17, 15) is 13.5 Å². The summed E-state index contributed by atoms with van der Waals surface area (Å²) in [5, 5.41) is 12.3. The number of aliphatic hydroxyl groups is 1. The van der Waals surface area contributed by atoms with Crippen LogP contribution in [0.25, 0.3) is 0 Å². The van der Waals surface area contributed by atoms with Gasteiger partial charge in [-0.2, -0.15) is 4.98 Å². The lowest BCUT2D eigenvalue weighted by molar-refractivity contribution is 0.152. The molecule has 0 radical (unpaired) electrons. The predicted octanol–water partition coefficient (Wildman–Crippen LogP) is 1.01. The molecule has 0 saturated heterocycles. The molecule has 1 aromatic rings. The van der Waals surface area contributed by atoms with Gasteiger partial charge in [0.05, 0.1) is 0 Å². The van der Waals surface area contributed by atoms with Gasteiger partial charge in [0, 0.05) is 6.26 Å². The van der Waals surface area contributed by atoms with E-state index < -0.39 is 21.2 Å². The van der Waals surface area contributed by atoms with Crippen molar-refractivity contribution in [2.45, 2.75) is 38.0 Å². The molecule has 0 aromatic carbocycles. The van der Waals surface area contributed by atoms with Crippen LogP contribution in [0.1, 0.15) is 49.8 Å². The van der Waals surface area contributed by atoms with E-state index in [1.165, 1.54) is 6.92 Å². The molecule has 0 spiro atoms. The van der Waals surface area contributed by atoms with E-state index in [0.29, 0.717) is 6.42 Å². The molecule has 2 unspecified atom stereocenters. The van der Waals surface area contributed by atoms with Crippen LogP contribution >= 0.6 is 0 Å². The normalized spacial score (nSPS) is 16.0. The van der Waals surface area contributed by atoms with Gasteiger partial charge >= 0.3 is 0 Å². The van der Waals surface area contributed by atoms with Crippen LogP contribution in [0.15, 0.2) is 4.52 Å². The standard InChI is InChI=1S/C9H16N2O4S/c1-4-5-7(12)8-10-9(15-11-8)6(2)16(3,13)14/h6-7,12H,4-5H2,1-3H3. The van der Waals surface area contributed by atoms with Gasteiger partial charge in [-0.05, 0) is 13.3 Å². The monoisotopic (exact) mass is 248 g/mol. The average molecular weight is 248 g/mol. The highest BCUT2D eigenvalue weighted by Crippen LogP contribution is 2.21. The molecule has 1 aromatic heterocycles. The van der Waals surface area contributed by atoms with Crippen molar-refractivity contribution < 1.29 is 18.0 Å². The summed E-state index contributed by atoms with van der Waals surface area (Å²) in [6.45, 7) is 3.39. The van der Waals surface area contributed by atoms with Gasteiger partial charge in [-0.3, -0.25) is 0 Å². The highest BCUT2D eigenvalue weighted by atomic mass is 32.2. The molecule has 0 aliphatic rings. The maximum absolute atomic E-state index is 11.2. The largest absolute Gasteiger partial charge is 0.385 e. The van der Waals surface area contributed by atoms with Gasteiger partial charge in [0.2, 0.25) is 5.89 Å². The third-order valence-electron chi connectivity index (χ3n) is 2.31. The minimum absolute atomic E-state index is 0.0210. The van der Waals surface area contributed by atoms with E-state index in [0.717, 1.165) is 12.7 Å². The topological polar surface area (TPSA) is 93.3 Å². The Balaban J connectivity index is 2.87. The second-order valence-electron chi connectivity index (χ2n) is 3.77. The number of aromatic nitrogens is 2. The molecule has 1 N–H and O–H groups in total. The molecule has 0 aliphatic heterocycles. The Morgan fingerprint density at radius 1 is 1.50 bits per heavy atom. The molecule has 0 amide bonds. The van der Waals surface area contributed by atoms with Gasteiger partial charge in [-0.25, -0.2) is 8.42 Å². The molecule has 16 heavy (non-hydrogen) atoms. The number of sulfone groups is 1. The number of hydrogen-bond donors (Lipinski definition) is 1. The van der Waals surface area contributed by atoms with Gasteiger partial charge in [0.15, 0.2) is 15.7 Å². The first-order valence-corrected chi connectivity index (χ1v) is 7.02. The fraction of sp³-hybridized carbons (Fsp3) is 0.778. The van der Waals surface area contributed by atoms with Gasteiger partial charge in [-0.15, -0.1) is 0 Å². The number of rotatable bonds is 5. The van der Waals surface area contributed by atoms with Crippen molar-refractivity contribution in [3.05, 3.63) is 11.7 Å². The van der Waals surface area contributed by atoms with Crippen LogP contribution in [0.5, 0.6) is 0 Å². The Hall–Kier alpha value is -0.950. The van der Waals surface area contributed by atoms with Gasteiger partial charge in [0.1, 0.15) is 11.4 Å². The molecule has 0 aliphatic carbocycles. The van der Waals surface area contributed by atoms with Crippen LogP contribution in [0.3, 0.4) is 0 Å². The fourth-order valence-electron chi connectivity index (χ4n) is 1.13. The van der Waals surface area contributed by atoms with Crippen molar-refractivity contribution in [1.82, 2.24) is 10.1 Å². The third-order valence-corrected chi connectivity index (χ3v) is 3.79. The van der Waals surface area contributed by atoms with Gasteiger partial charge in [-0.1, -0.05) is 18.5 Å². The number of nitrogens with zero attached hydrogens (tertiary/aromatic N) is 2. The molecule has 0 bridgehead atoms. The average Bonchev–Trinajstić information content (AvgIpc) is 2.64. The molecule has 92 valence electrons. The second-order valence-corrected chi connectivity index (χ2v) is 6.13. The Kier molecular flexibility index (Phi) is 4.03. The van der Waals surface area contributed by atoms with Crippen molar-refractivity contribution in [2.75, 3.05) is 6.26 Å². The number of aliphatic hydroxyl groups excluding tert-OH is 1. The summed E-state index contributed by atoms with van der Waals surface area (Å²) in [5.74, 6) is 0.167. The Labute approximate surface area is 94.6 Å². The highest BCUT2D eigenvalue weighted by molar-refractivity contribution is 7.90. The van der Waals surface area contributed by atoms with Crippen LogP contribution in [0.4, 0.5) is 0 Å². The minimum atomic E-state index is -3.26. The minimum Gasteiger partial charge on any atom is -0.385 e. The van der Waals surface area contributed by atoms with Crippen molar-refractivity contribution in [1.29, 1.82) is 0 Å². The van der Waals surface area contributed by atoms with E-state index in [1.54, 1.807) is 0 Å². The summed E-state index contributed by atoms with van der Waals surface area (Å²) < 4.78 is 27.3. The smallest absolute Gasteiger partial charge is 0.244 e. The lowest BCUT2D eigenvalue weighted by Crippen LogP contribution is -2.08. The molecule has 6 nitrogen and oxygen atoms in total. The van der Waals surface area contributed by atoms with Crippen LogP contribution in [-0.2, 0) is 9.84 Å². The molecular formula is C9H16N2O4S. The summed E-state index contributed by atoms with van der Waals surface area (Å²) >= 11 is 0. The summed E-state index contributed by atoms with van der Waals surface area (Å²) in [6.07, 6.45) is 1.61. The summed E-state index contributed by atoms with van der Waals surface area (Å²) in [7, 11) is -3.26. The zero-order valence-electron chi connectivity index (χ0n) is 9.54. The maximum atomic E-state index is 11.2. The third kappa shape index (κ3) is 3.02. The zero-order chi connectivity index (χ0) is 12.3. The quantitative estimate of drug-likeness (QED) is 0.835. The van der Waals surface area contributed by atoms with E-state index in [-0.39, 0.29) is 11.7 Å². The lowest BCUT2D eigenvalue weighted by atomic mass is 10.2. The molecule has 1 heterocycles. The first-order chi connectivity index (χ1) is 7.36. The van der Waals surface area contributed by atoms with Crippen LogP contribution in [-0.4, -0.2) is 29.9 Å². The molecule has 1 rings (SSSR count). The summed E-state index contributed by atoms with van der Waals surface area (Å²) in [6, 6.07) is 0. The van der Waals surface area contributed by atoms with Gasteiger partial charge in [0.25, 0.3) is 0 Å². The zero-order valence-corrected chi connectivity index (χ0v) is 10.4. The second kappa shape index (κ2) is 4.92. The predicted molar refractivity (Wildman–Crippen MR) is 57.4 cm³/mol. The van der Waals surface area contributed by atoms with Crippen molar-refractivity contribution in [3.8, 4) is 0 Å². The van der Waals surface area contributed by atoms with Crippen molar-refractivity contribution in [2.24, 2.45) is 0 Å². The van der Waals surface area contributed by atoms with E-state index in [1.807, 2.05) is 6.92 Å². The van der Waals surface area contributed by atoms with Crippen LogP contribution in [0.2, 0.25) is 0 Å². The number of hydrogen-bond acceptors (Lipinski definition) is 6. The molecular weight excluding hydrogens is 232 g/mol. The van der Waals surface area contributed by atoms with Crippen LogP contribution in [0, 0.1) is 0 Å². The Morgan fingerprint density at radius 2 is 2.12 bits per heavy atom. The maximum Gasteiger partial charge on any atom is 0.244 e. The summed E-state index contributed by atoms with van der Waals surface area (Å²) in [5.41, 5.74) is 0. The molecule has 0 fully saturated rings. The first-order valence-electron chi connectivity index (χ1n) is 5.06. The van der Waals surface area contributed by atoms with Gasteiger partial charge < -0.3 is 9.63 Å². The highest BCUT2D eigenvalue weighted by Gasteiger charge is 2.25.